The van der Waals surface area contributed by atoms with Gasteiger partial charge in [-0.15, -0.1) is 0 Å². The summed E-state index contributed by atoms with van der Waals surface area (Å²) in [5, 5.41) is 0. The van der Waals surface area contributed by atoms with E-state index in [1.807, 2.05) is 38.1 Å². The van der Waals surface area contributed by atoms with Crippen molar-refractivity contribution in [1.29, 1.82) is 0 Å². The highest BCUT2D eigenvalue weighted by Crippen LogP contribution is 2.21. The maximum Gasteiger partial charge on any atom is 0.343 e. The predicted molar refractivity (Wildman–Crippen MR) is 75.0 cm³/mol. The van der Waals surface area contributed by atoms with Crippen LogP contribution in [0.15, 0.2) is 46.9 Å². The van der Waals surface area contributed by atoms with Crippen molar-refractivity contribution in [3.63, 3.8) is 0 Å². The maximum absolute atomic E-state index is 12.0. The smallest absolute Gasteiger partial charge is 0.343 e. The van der Waals surface area contributed by atoms with Crippen molar-refractivity contribution >= 4 is 21.9 Å². The summed E-state index contributed by atoms with van der Waals surface area (Å²) in [6.07, 6.45) is 0. The van der Waals surface area contributed by atoms with Gasteiger partial charge in [-0.1, -0.05) is 40.2 Å². The first kappa shape index (κ1) is 12.8. The highest BCUT2D eigenvalue weighted by molar-refractivity contribution is 9.10. The number of hydrogen-bond acceptors (Lipinski definition) is 2. The first-order valence-electron chi connectivity index (χ1n) is 5.62. The fourth-order valence-corrected chi connectivity index (χ4v) is 1.93. The lowest BCUT2D eigenvalue weighted by Crippen LogP contribution is -2.09. The number of halogens is 1. The van der Waals surface area contributed by atoms with E-state index >= 15 is 0 Å². The van der Waals surface area contributed by atoms with Crippen LogP contribution in [0, 0.1) is 13.8 Å². The molecule has 2 aromatic rings. The molecular weight excluding hydrogens is 292 g/mol. The van der Waals surface area contributed by atoms with Crippen LogP contribution in [0.1, 0.15) is 21.5 Å². The van der Waals surface area contributed by atoms with Crippen molar-refractivity contribution in [2.45, 2.75) is 13.8 Å². The Morgan fingerprint density at radius 1 is 1.06 bits per heavy atom. The summed E-state index contributed by atoms with van der Waals surface area (Å²) in [6.45, 7) is 3.88. The molecule has 0 saturated heterocycles. The van der Waals surface area contributed by atoms with Crippen molar-refractivity contribution in [2.75, 3.05) is 0 Å². The number of rotatable bonds is 2. The van der Waals surface area contributed by atoms with Gasteiger partial charge in [-0.05, 0) is 43.2 Å². The molecule has 18 heavy (non-hydrogen) atoms. The number of carbonyl (C=O) groups is 1. The van der Waals surface area contributed by atoms with Crippen molar-refractivity contribution in [3.05, 3.63) is 63.6 Å². The molecule has 0 aliphatic heterocycles. The first-order chi connectivity index (χ1) is 8.58. The molecule has 2 rings (SSSR count). The third-order valence-corrected chi connectivity index (χ3v) is 3.56. The quantitative estimate of drug-likeness (QED) is 0.611. The van der Waals surface area contributed by atoms with Crippen LogP contribution >= 0.6 is 15.9 Å². The number of ether oxygens (including phenoxy) is 1. The van der Waals surface area contributed by atoms with E-state index in [0.717, 1.165) is 15.6 Å². The Hall–Kier alpha value is -1.61. The number of carbonyl (C=O) groups excluding carboxylic acids is 1. The van der Waals surface area contributed by atoms with E-state index in [0.29, 0.717) is 11.3 Å². The average molecular weight is 305 g/mol. The lowest BCUT2D eigenvalue weighted by Gasteiger charge is -2.07. The van der Waals surface area contributed by atoms with Gasteiger partial charge in [-0.3, -0.25) is 0 Å². The molecule has 92 valence electrons. The van der Waals surface area contributed by atoms with Crippen LogP contribution in [0.4, 0.5) is 0 Å². The van der Waals surface area contributed by atoms with Gasteiger partial charge in [0, 0.05) is 4.47 Å². The molecule has 0 aliphatic carbocycles. The first-order valence-corrected chi connectivity index (χ1v) is 6.41. The highest BCUT2D eigenvalue weighted by atomic mass is 79.9. The van der Waals surface area contributed by atoms with E-state index in [4.69, 9.17) is 4.74 Å². The van der Waals surface area contributed by atoms with Crippen LogP contribution in [-0.4, -0.2) is 5.97 Å². The molecule has 0 amide bonds. The minimum absolute atomic E-state index is 0.343. The number of esters is 1. The fraction of sp³-hybridized carbons (Fsp3) is 0.133. The number of para-hydroxylation sites is 1. The number of aryl methyl sites for hydroxylation is 2. The van der Waals surface area contributed by atoms with Crippen LogP contribution in [-0.2, 0) is 0 Å². The van der Waals surface area contributed by atoms with Gasteiger partial charge >= 0.3 is 5.97 Å². The van der Waals surface area contributed by atoms with Crippen LogP contribution in [0.25, 0.3) is 0 Å². The minimum atomic E-state index is -0.343. The van der Waals surface area contributed by atoms with Gasteiger partial charge in [0.15, 0.2) is 0 Å². The summed E-state index contributed by atoms with van der Waals surface area (Å²) >= 11 is 3.41. The van der Waals surface area contributed by atoms with Gasteiger partial charge in [0.1, 0.15) is 5.75 Å². The van der Waals surface area contributed by atoms with Crippen LogP contribution in [0.2, 0.25) is 0 Å². The van der Waals surface area contributed by atoms with Gasteiger partial charge in [-0.25, -0.2) is 4.79 Å². The largest absolute Gasteiger partial charge is 0.423 e. The third-order valence-electron chi connectivity index (χ3n) is 2.70. The second-order valence-corrected chi connectivity index (χ2v) is 4.97. The number of benzene rings is 2. The molecule has 0 spiro atoms. The molecule has 0 saturated carbocycles. The summed E-state index contributed by atoms with van der Waals surface area (Å²) in [5.41, 5.74) is 2.56. The summed E-state index contributed by atoms with van der Waals surface area (Å²) < 4.78 is 6.27. The zero-order valence-electron chi connectivity index (χ0n) is 10.2. The monoisotopic (exact) mass is 304 g/mol. The van der Waals surface area contributed by atoms with Crippen molar-refractivity contribution in [2.24, 2.45) is 0 Å². The summed E-state index contributed by atoms with van der Waals surface area (Å²) in [4.78, 5) is 12.0. The van der Waals surface area contributed by atoms with Gasteiger partial charge in [0.2, 0.25) is 0 Å². The van der Waals surface area contributed by atoms with Crippen LogP contribution in [0.3, 0.4) is 0 Å². The molecule has 0 N–H and O–H groups in total. The van der Waals surface area contributed by atoms with Crippen molar-refractivity contribution in [3.8, 4) is 5.75 Å². The SMILES string of the molecule is Cc1ccc(C(=O)Oc2ccccc2C)cc1Br. The molecule has 0 fully saturated rings. The molecule has 2 aromatic carbocycles. The fourth-order valence-electron chi connectivity index (χ4n) is 1.55. The van der Waals surface area contributed by atoms with E-state index in [-0.39, 0.29) is 5.97 Å². The highest BCUT2D eigenvalue weighted by Gasteiger charge is 2.10. The zero-order valence-corrected chi connectivity index (χ0v) is 11.8. The molecule has 3 heteroatoms. The van der Waals surface area contributed by atoms with Crippen LogP contribution < -0.4 is 4.74 Å². The Kier molecular flexibility index (Phi) is 3.82. The summed E-state index contributed by atoms with van der Waals surface area (Å²) in [5.74, 6) is 0.254. The Balaban J connectivity index is 2.22. The maximum atomic E-state index is 12.0. The second kappa shape index (κ2) is 5.36. The predicted octanol–water partition coefficient (Wildman–Crippen LogP) is 4.29. The molecule has 0 unspecified atom stereocenters. The molecular formula is C15H13BrO2. The Labute approximate surface area is 115 Å². The van der Waals surface area contributed by atoms with Crippen LogP contribution in [0.5, 0.6) is 5.75 Å². The third kappa shape index (κ3) is 2.79. The molecule has 2 nitrogen and oxygen atoms in total. The Bertz CT molecular complexity index is 591. The topological polar surface area (TPSA) is 26.3 Å². The lowest BCUT2D eigenvalue weighted by atomic mass is 10.1. The van der Waals surface area contributed by atoms with E-state index in [9.17, 15) is 4.79 Å². The van der Waals surface area contributed by atoms with E-state index in [2.05, 4.69) is 15.9 Å². The van der Waals surface area contributed by atoms with E-state index < -0.39 is 0 Å². The Morgan fingerprint density at radius 3 is 2.44 bits per heavy atom. The van der Waals surface area contributed by atoms with Crippen molar-refractivity contribution in [1.82, 2.24) is 0 Å². The lowest BCUT2D eigenvalue weighted by molar-refractivity contribution is 0.0733. The van der Waals surface area contributed by atoms with E-state index in [1.54, 1.807) is 18.2 Å². The summed E-state index contributed by atoms with van der Waals surface area (Å²) in [7, 11) is 0. The second-order valence-electron chi connectivity index (χ2n) is 4.12. The van der Waals surface area contributed by atoms with Gasteiger partial charge < -0.3 is 4.74 Å². The molecule has 0 heterocycles. The normalized spacial score (nSPS) is 10.2. The van der Waals surface area contributed by atoms with Gasteiger partial charge in [-0.2, -0.15) is 0 Å². The minimum Gasteiger partial charge on any atom is -0.423 e. The Morgan fingerprint density at radius 2 is 1.78 bits per heavy atom. The average Bonchev–Trinajstić information content (AvgIpc) is 2.35. The molecule has 0 atom stereocenters. The molecule has 0 aliphatic rings. The molecule has 0 bridgehead atoms. The number of hydrogen-bond donors (Lipinski definition) is 0. The van der Waals surface area contributed by atoms with Gasteiger partial charge in [0.25, 0.3) is 0 Å². The zero-order chi connectivity index (χ0) is 13.1. The summed E-state index contributed by atoms with van der Waals surface area (Å²) in [6, 6.07) is 12.9. The van der Waals surface area contributed by atoms with E-state index in [1.165, 1.54) is 0 Å². The molecule has 0 radical (unpaired) electrons. The molecule has 0 aromatic heterocycles. The van der Waals surface area contributed by atoms with Crippen molar-refractivity contribution < 1.29 is 9.53 Å². The standard InChI is InChI=1S/C15H13BrO2/c1-10-7-8-12(9-13(10)16)15(17)18-14-6-4-3-5-11(14)2/h3-9H,1-2H3. The van der Waals surface area contributed by atoms with Gasteiger partial charge in [0.05, 0.1) is 5.56 Å².